The first kappa shape index (κ1) is 24.2. The number of anilines is 1. The van der Waals surface area contributed by atoms with Gasteiger partial charge >= 0.3 is 0 Å². The second-order valence-corrected chi connectivity index (χ2v) is 9.71. The van der Waals surface area contributed by atoms with Gasteiger partial charge in [0.15, 0.2) is 6.29 Å². The molecule has 2 aliphatic heterocycles. The van der Waals surface area contributed by atoms with Gasteiger partial charge in [0.25, 0.3) is 0 Å². The summed E-state index contributed by atoms with van der Waals surface area (Å²) in [6.07, 6.45) is 2.87. The highest BCUT2D eigenvalue weighted by atomic mass is 32.2. The quantitative estimate of drug-likeness (QED) is 0.405. The van der Waals surface area contributed by atoms with E-state index in [4.69, 9.17) is 28.8 Å². The van der Waals surface area contributed by atoms with Gasteiger partial charge < -0.3 is 28.6 Å². The maximum absolute atomic E-state index is 5.83. The average molecular weight is 500 g/mol. The third-order valence-electron chi connectivity index (χ3n) is 6.58. The fourth-order valence-corrected chi connectivity index (χ4v) is 5.53. The molecule has 4 heterocycles. The van der Waals surface area contributed by atoms with Crippen LogP contribution >= 0.6 is 11.8 Å². The lowest BCUT2D eigenvalue weighted by Gasteiger charge is -2.29. The Morgan fingerprint density at radius 3 is 2.46 bits per heavy atom. The molecule has 2 aliphatic rings. The van der Waals surface area contributed by atoms with Gasteiger partial charge in [0.2, 0.25) is 0 Å². The predicted octanol–water partition coefficient (Wildman–Crippen LogP) is 4.26. The molecule has 0 spiro atoms. The van der Waals surface area contributed by atoms with E-state index >= 15 is 0 Å². The highest BCUT2D eigenvalue weighted by molar-refractivity contribution is 7.98. The average Bonchev–Trinajstić information content (AvgIpc) is 3.64. The van der Waals surface area contributed by atoms with Gasteiger partial charge in [0, 0.05) is 19.1 Å². The first-order valence-corrected chi connectivity index (χ1v) is 13.2. The number of benzene rings is 1. The van der Waals surface area contributed by atoms with Crippen LogP contribution in [0.3, 0.4) is 0 Å². The summed E-state index contributed by atoms with van der Waals surface area (Å²) < 4.78 is 30.9. The highest BCUT2D eigenvalue weighted by Gasteiger charge is 2.29. The fourth-order valence-electron chi connectivity index (χ4n) is 4.94. The van der Waals surface area contributed by atoms with Gasteiger partial charge in [-0.25, -0.2) is 4.52 Å². The fraction of sp³-hybridized carbons (Fsp3) is 0.500. The van der Waals surface area contributed by atoms with Gasteiger partial charge in [-0.3, -0.25) is 0 Å². The number of pyridine rings is 1. The minimum absolute atomic E-state index is 0.248. The molecule has 0 saturated carbocycles. The molecule has 3 aromatic rings. The maximum Gasteiger partial charge on any atom is 0.175 e. The number of hydrogen-bond donors (Lipinski definition) is 0. The summed E-state index contributed by atoms with van der Waals surface area (Å²) in [6.45, 7) is 6.39. The molecule has 0 radical (unpaired) electrons. The van der Waals surface area contributed by atoms with E-state index < -0.39 is 0 Å². The van der Waals surface area contributed by atoms with Crippen molar-refractivity contribution in [2.24, 2.45) is 5.92 Å². The number of methoxy groups -OCH3 is 2. The van der Waals surface area contributed by atoms with Crippen LogP contribution in [-0.2, 0) is 14.2 Å². The van der Waals surface area contributed by atoms with Gasteiger partial charge in [-0.1, -0.05) is 6.07 Å². The minimum atomic E-state index is -0.248. The maximum atomic E-state index is 5.83. The molecule has 188 valence electrons. The number of rotatable bonds is 9. The summed E-state index contributed by atoms with van der Waals surface area (Å²) in [5, 5.41) is 6.02. The van der Waals surface area contributed by atoms with Crippen molar-refractivity contribution in [1.29, 1.82) is 0 Å². The molecule has 2 aromatic heterocycles. The van der Waals surface area contributed by atoms with Crippen LogP contribution in [0.5, 0.6) is 11.5 Å². The highest BCUT2D eigenvalue weighted by Crippen LogP contribution is 2.42. The van der Waals surface area contributed by atoms with Crippen molar-refractivity contribution in [3.63, 3.8) is 0 Å². The Kier molecular flexibility index (Phi) is 7.38. The summed E-state index contributed by atoms with van der Waals surface area (Å²) >= 11 is 1.64. The normalized spacial score (nSPS) is 18.5. The van der Waals surface area contributed by atoms with Crippen LogP contribution in [0.4, 0.5) is 5.69 Å². The number of ether oxygens (including phenoxy) is 5. The molecule has 5 rings (SSSR count). The van der Waals surface area contributed by atoms with Gasteiger partial charge in [0.05, 0.1) is 63.0 Å². The van der Waals surface area contributed by atoms with Crippen molar-refractivity contribution < 1.29 is 23.7 Å². The van der Waals surface area contributed by atoms with Crippen LogP contribution in [0, 0.1) is 12.8 Å². The van der Waals surface area contributed by atoms with Gasteiger partial charge in [0.1, 0.15) is 16.5 Å². The summed E-state index contributed by atoms with van der Waals surface area (Å²) in [5.74, 6) is 1.97. The monoisotopic (exact) mass is 499 g/mol. The lowest BCUT2D eigenvalue weighted by molar-refractivity contribution is -0.0346. The molecule has 1 aromatic carbocycles. The summed E-state index contributed by atoms with van der Waals surface area (Å²) in [5.41, 5.74) is 4.98. The van der Waals surface area contributed by atoms with Crippen molar-refractivity contribution in [1.82, 2.24) is 9.61 Å². The third-order valence-corrected chi connectivity index (χ3v) is 7.24. The SMILES string of the molecule is COc1cc(C)cc(OC)c1-c1cccc2c(N(CC3CCOC3)CC3OCCO3)c(SC)nn12. The molecule has 9 heteroatoms. The molecule has 0 bridgehead atoms. The molecule has 35 heavy (non-hydrogen) atoms. The van der Waals surface area contributed by atoms with E-state index in [1.807, 2.05) is 23.6 Å². The molecule has 8 nitrogen and oxygen atoms in total. The number of hydrogen-bond acceptors (Lipinski definition) is 8. The molecule has 1 atom stereocenters. The lowest BCUT2D eigenvalue weighted by Crippen LogP contribution is -2.37. The Bertz CT molecular complexity index is 1130. The second-order valence-electron chi connectivity index (χ2n) is 8.92. The zero-order valence-electron chi connectivity index (χ0n) is 20.8. The number of nitrogens with zero attached hydrogens (tertiary/aromatic N) is 3. The summed E-state index contributed by atoms with van der Waals surface area (Å²) in [7, 11) is 3.37. The largest absolute Gasteiger partial charge is 0.496 e. The van der Waals surface area contributed by atoms with E-state index in [9.17, 15) is 0 Å². The number of aryl methyl sites for hydroxylation is 1. The predicted molar refractivity (Wildman–Crippen MR) is 137 cm³/mol. The van der Waals surface area contributed by atoms with Crippen LogP contribution in [0.15, 0.2) is 35.4 Å². The number of fused-ring (bicyclic) bond motifs is 1. The van der Waals surface area contributed by atoms with Crippen molar-refractivity contribution in [2.75, 3.05) is 64.9 Å². The zero-order chi connectivity index (χ0) is 24.4. The van der Waals surface area contributed by atoms with Gasteiger partial charge in [-0.05, 0) is 49.4 Å². The van der Waals surface area contributed by atoms with Gasteiger partial charge in [-0.15, -0.1) is 11.8 Å². The van der Waals surface area contributed by atoms with Crippen LogP contribution in [-0.4, -0.2) is 75.9 Å². The molecule has 0 amide bonds. The standard InChI is InChI=1S/C26H33N3O5S/c1-17-12-21(30-2)24(22(13-17)31-3)19-6-5-7-20-25(26(35-4)27-29(19)20)28(14-18-8-9-32-16-18)15-23-33-10-11-34-23/h5-7,12-13,18,23H,8-11,14-16H2,1-4H3. The van der Waals surface area contributed by atoms with Gasteiger partial charge in [-0.2, -0.15) is 5.10 Å². The Morgan fingerprint density at radius 1 is 1.09 bits per heavy atom. The van der Waals surface area contributed by atoms with E-state index in [0.29, 0.717) is 25.7 Å². The second kappa shape index (κ2) is 10.7. The Hall–Kier alpha value is -2.46. The Morgan fingerprint density at radius 2 is 1.83 bits per heavy atom. The number of aromatic nitrogens is 2. The molecular weight excluding hydrogens is 466 g/mol. The first-order valence-electron chi connectivity index (χ1n) is 12.0. The lowest BCUT2D eigenvalue weighted by atomic mass is 10.1. The Labute approximate surface area is 210 Å². The smallest absolute Gasteiger partial charge is 0.175 e. The minimum Gasteiger partial charge on any atom is -0.496 e. The van der Waals surface area contributed by atoms with Crippen LogP contribution < -0.4 is 14.4 Å². The van der Waals surface area contributed by atoms with Crippen molar-refractivity contribution >= 4 is 23.0 Å². The molecule has 2 saturated heterocycles. The summed E-state index contributed by atoms with van der Waals surface area (Å²) in [6, 6.07) is 10.3. The summed E-state index contributed by atoms with van der Waals surface area (Å²) in [4.78, 5) is 2.37. The van der Waals surface area contributed by atoms with Crippen LogP contribution in [0.2, 0.25) is 0 Å². The van der Waals surface area contributed by atoms with E-state index in [1.165, 1.54) is 0 Å². The molecule has 0 N–H and O–H groups in total. The molecule has 1 unspecified atom stereocenters. The zero-order valence-corrected chi connectivity index (χ0v) is 21.6. The van der Waals surface area contributed by atoms with Crippen LogP contribution in [0.25, 0.3) is 16.8 Å². The van der Waals surface area contributed by atoms with E-state index in [1.54, 1.807) is 26.0 Å². The third kappa shape index (κ3) is 4.82. The molecule has 0 aliphatic carbocycles. The van der Waals surface area contributed by atoms with E-state index in [-0.39, 0.29) is 6.29 Å². The van der Waals surface area contributed by atoms with Crippen LogP contribution in [0.1, 0.15) is 12.0 Å². The topological polar surface area (TPSA) is 66.7 Å². The molecular formula is C26H33N3O5S. The van der Waals surface area contributed by atoms with Crippen molar-refractivity contribution in [3.8, 4) is 22.8 Å². The first-order chi connectivity index (χ1) is 17.1. The number of thioether (sulfide) groups is 1. The van der Waals surface area contributed by atoms with Crippen molar-refractivity contribution in [2.45, 2.75) is 24.7 Å². The molecule has 2 fully saturated rings. The van der Waals surface area contributed by atoms with Crippen molar-refractivity contribution in [3.05, 3.63) is 35.9 Å². The Balaban J connectivity index is 1.65. The van der Waals surface area contributed by atoms with E-state index in [0.717, 1.165) is 70.7 Å². The van der Waals surface area contributed by atoms with E-state index in [2.05, 4.69) is 29.4 Å².